The quantitative estimate of drug-likeness (QED) is 0.414. The van der Waals surface area contributed by atoms with Crippen molar-refractivity contribution < 1.29 is 36.2 Å². The van der Waals surface area contributed by atoms with E-state index in [0.29, 0.717) is 11.8 Å². The average molecular weight is 426 g/mol. The maximum absolute atomic E-state index is 14.7. The van der Waals surface area contributed by atoms with Gasteiger partial charge in [-0.15, -0.1) is 13.2 Å². The molecule has 3 aliphatic rings. The monoisotopic (exact) mass is 426 g/mol. The second kappa shape index (κ2) is 9.48. The summed E-state index contributed by atoms with van der Waals surface area (Å²) in [4.78, 5) is 12.4. The lowest BCUT2D eigenvalue weighted by Gasteiger charge is -2.40. The minimum atomic E-state index is -4.69. The Labute approximate surface area is 168 Å². The van der Waals surface area contributed by atoms with E-state index in [1.54, 1.807) is 0 Å². The van der Waals surface area contributed by atoms with Gasteiger partial charge in [0.1, 0.15) is 24.4 Å². The predicted octanol–water partition coefficient (Wildman–Crippen LogP) is 5.91. The Bertz CT molecular complexity index is 527. The molecule has 0 aromatic carbocycles. The number of alkyl halides is 5. The number of esters is 1. The summed E-state index contributed by atoms with van der Waals surface area (Å²) in [6.07, 6.45) is -4.26. The second-order valence-corrected chi connectivity index (χ2v) is 9.21. The summed E-state index contributed by atoms with van der Waals surface area (Å²) in [5, 5.41) is 0. The van der Waals surface area contributed by atoms with E-state index in [2.05, 4.69) is 11.7 Å². The van der Waals surface area contributed by atoms with Crippen molar-refractivity contribution in [3.8, 4) is 0 Å². The topological polar surface area (TPSA) is 35.5 Å². The third kappa shape index (κ3) is 6.28. The molecule has 3 rings (SSSR count). The first kappa shape index (κ1) is 22.8. The molecule has 2 unspecified atom stereocenters. The van der Waals surface area contributed by atoms with E-state index in [1.165, 1.54) is 0 Å². The number of carbonyl (C=O) groups excluding carboxylic acids is 1. The van der Waals surface area contributed by atoms with Gasteiger partial charge in [-0.2, -0.15) is 0 Å². The average Bonchev–Trinajstić information content (AvgIpc) is 2.62. The molecule has 0 aromatic rings. The summed E-state index contributed by atoms with van der Waals surface area (Å²) >= 11 is 0. The van der Waals surface area contributed by atoms with E-state index in [-0.39, 0.29) is 44.4 Å². The third-order valence-electron chi connectivity index (χ3n) is 7.04. The van der Waals surface area contributed by atoms with Crippen LogP contribution in [-0.4, -0.2) is 36.9 Å². The molecule has 3 aliphatic carbocycles. The van der Waals surface area contributed by atoms with E-state index >= 15 is 0 Å². The van der Waals surface area contributed by atoms with Crippen LogP contribution >= 0.6 is 0 Å². The fourth-order valence-corrected chi connectivity index (χ4v) is 5.33. The van der Waals surface area contributed by atoms with Gasteiger partial charge in [0.15, 0.2) is 0 Å². The third-order valence-corrected chi connectivity index (χ3v) is 7.04. The molecule has 168 valence electrons. The van der Waals surface area contributed by atoms with Gasteiger partial charge in [-0.05, 0) is 69.1 Å². The van der Waals surface area contributed by atoms with E-state index in [4.69, 9.17) is 4.74 Å². The van der Waals surface area contributed by atoms with Crippen molar-refractivity contribution in [1.82, 2.24) is 0 Å². The Morgan fingerprint density at radius 1 is 0.793 bits per heavy atom. The van der Waals surface area contributed by atoms with E-state index in [1.807, 2.05) is 0 Å². The van der Waals surface area contributed by atoms with Gasteiger partial charge >= 0.3 is 12.3 Å². The van der Waals surface area contributed by atoms with Crippen molar-refractivity contribution in [3.05, 3.63) is 0 Å². The van der Waals surface area contributed by atoms with Crippen LogP contribution < -0.4 is 0 Å². The molecule has 2 atom stereocenters. The smallest absolute Gasteiger partial charge is 0.462 e. The lowest BCUT2D eigenvalue weighted by atomic mass is 9.68. The van der Waals surface area contributed by atoms with Gasteiger partial charge in [-0.25, -0.2) is 8.78 Å². The van der Waals surface area contributed by atoms with Crippen LogP contribution in [0.4, 0.5) is 22.0 Å². The first-order valence-electron chi connectivity index (χ1n) is 10.9. The highest BCUT2D eigenvalue weighted by molar-refractivity contribution is 5.74. The van der Waals surface area contributed by atoms with Gasteiger partial charge in [0.2, 0.25) is 0 Å². The zero-order chi connectivity index (χ0) is 21.2. The molecule has 8 heteroatoms. The molecule has 29 heavy (non-hydrogen) atoms. The minimum Gasteiger partial charge on any atom is -0.462 e. The van der Waals surface area contributed by atoms with E-state index in [0.717, 1.165) is 25.7 Å². The van der Waals surface area contributed by atoms with Crippen LogP contribution in [0.2, 0.25) is 0 Å². The SMILES string of the molecule is CC1CCC(C2CC(F)C(C(=O)OC3CCC(OC(F)(F)F)CC3)C(F)C2)CC1. The molecule has 3 saturated carbocycles. The van der Waals surface area contributed by atoms with Gasteiger partial charge in [0.25, 0.3) is 0 Å². The summed E-state index contributed by atoms with van der Waals surface area (Å²) < 4.78 is 75.6. The second-order valence-electron chi connectivity index (χ2n) is 9.21. The standard InChI is InChI=1S/C21H31F5O3/c1-12-2-4-13(5-3-12)14-10-17(22)19(18(23)11-14)20(27)28-15-6-8-16(9-7-15)29-21(24,25)26/h12-19H,2-11H2,1H3. The Morgan fingerprint density at radius 3 is 1.83 bits per heavy atom. The van der Waals surface area contributed by atoms with Crippen molar-refractivity contribution in [1.29, 1.82) is 0 Å². The van der Waals surface area contributed by atoms with Gasteiger partial charge in [-0.3, -0.25) is 9.53 Å². The summed E-state index contributed by atoms with van der Waals surface area (Å²) in [5.74, 6) is -1.36. The highest BCUT2D eigenvalue weighted by Crippen LogP contribution is 2.44. The van der Waals surface area contributed by atoms with Crippen molar-refractivity contribution in [2.24, 2.45) is 23.7 Å². The molecule has 3 fully saturated rings. The number of hydrogen-bond donors (Lipinski definition) is 0. The van der Waals surface area contributed by atoms with Crippen LogP contribution in [-0.2, 0) is 14.3 Å². The fourth-order valence-electron chi connectivity index (χ4n) is 5.33. The predicted molar refractivity (Wildman–Crippen MR) is 96.4 cm³/mol. The maximum atomic E-state index is 14.7. The highest BCUT2D eigenvalue weighted by Gasteiger charge is 2.46. The Morgan fingerprint density at radius 2 is 1.31 bits per heavy atom. The van der Waals surface area contributed by atoms with Crippen LogP contribution in [0.5, 0.6) is 0 Å². The first-order chi connectivity index (χ1) is 13.6. The Balaban J connectivity index is 1.46. The van der Waals surface area contributed by atoms with E-state index < -0.39 is 42.8 Å². The van der Waals surface area contributed by atoms with Crippen molar-refractivity contribution in [3.63, 3.8) is 0 Å². The van der Waals surface area contributed by atoms with E-state index in [9.17, 15) is 26.7 Å². The number of ether oxygens (including phenoxy) is 2. The van der Waals surface area contributed by atoms with Gasteiger partial charge < -0.3 is 4.74 Å². The van der Waals surface area contributed by atoms with Crippen LogP contribution in [0.25, 0.3) is 0 Å². The minimum absolute atomic E-state index is 0.0356. The summed E-state index contributed by atoms with van der Waals surface area (Å²) in [6, 6.07) is 0. The Hall–Kier alpha value is -0.920. The molecule has 0 N–H and O–H groups in total. The maximum Gasteiger partial charge on any atom is 0.522 e. The molecule has 0 aliphatic heterocycles. The number of hydrogen-bond acceptors (Lipinski definition) is 3. The molecule has 0 radical (unpaired) electrons. The van der Waals surface area contributed by atoms with Gasteiger partial charge in [0, 0.05) is 0 Å². The Kier molecular flexibility index (Phi) is 7.44. The zero-order valence-corrected chi connectivity index (χ0v) is 16.8. The van der Waals surface area contributed by atoms with Crippen LogP contribution in [0, 0.1) is 23.7 Å². The molecule has 0 amide bonds. The van der Waals surface area contributed by atoms with Gasteiger partial charge in [-0.1, -0.05) is 19.8 Å². The van der Waals surface area contributed by atoms with Crippen LogP contribution in [0.1, 0.15) is 71.1 Å². The lowest BCUT2D eigenvalue weighted by Crippen LogP contribution is -2.44. The normalized spacial score (nSPS) is 41.7. The number of carbonyl (C=O) groups is 1. The summed E-state index contributed by atoms with van der Waals surface area (Å²) in [5.41, 5.74) is 0. The van der Waals surface area contributed by atoms with Crippen molar-refractivity contribution in [2.75, 3.05) is 0 Å². The summed E-state index contributed by atoms with van der Waals surface area (Å²) in [6.45, 7) is 2.20. The molecule has 0 spiro atoms. The largest absolute Gasteiger partial charge is 0.522 e. The molecular formula is C21H31F5O3. The van der Waals surface area contributed by atoms with Crippen molar-refractivity contribution >= 4 is 5.97 Å². The number of halogens is 5. The number of rotatable bonds is 4. The van der Waals surface area contributed by atoms with Gasteiger partial charge in [0.05, 0.1) is 6.10 Å². The molecular weight excluding hydrogens is 395 g/mol. The molecule has 0 aromatic heterocycles. The van der Waals surface area contributed by atoms with Crippen LogP contribution in [0.3, 0.4) is 0 Å². The highest BCUT2D eigenvalue weighted by atomic mass is 19.4. The van der Waals surface area contributed by atoms with Crippen molar-refractivity contribution in [2.45, 2.75) is 102 Å². The fraction of sp³-hybridized carbons (Fsp3) is 0.952. The lowest BCUT2D eigenvalue weighted by molar-refractivity contribution is -0.346. The first-order valence-corrected chi connectivity index (χ1v) is 10.9. The molecule has 0 bridgehead atoms. The molecule has 0 heterocycles. The summed E-state index contributed by atoms with van der Waals surface area (Å²) in [7, 11) is 0. The van der Waals surface area contributed by atoms with Crippen LogP contribution in [0.15, 0.2) is 0 Å². The molecule has 0 saturated heterocycles. The zero-order valence-electron chi connectivity index (χ0n) is 16.8. The molecule has 3 nitrogen and oxygen atoms in total.